The molecule has 12 heteroatoms. The highest BCUT2D eigenvalue weighted by atomic mass is 19.3. The number of nitrogens with one attached hydrogen (secondary N) is 1. The van der Waals surface area contributed by atoms with Crippen molar-refractivity contribution in [2.45, 2.75) is 25.4 Å². The lowest BCUT2D eigenvalue weighted by Crippen LogP contribution is -2.30. The number of anilines is 1. The van der Waals surface area contributed by atoms with Crippen molar-refractivity contribution >= 4 is 11.7 Å². The lowest BCUT2D eigenvalue weighted by molar-refractivity contribution is 0.0221. The van der Waals surface area contributed by atoms with Crippen molar-refractivity contribution < 1.29 is 17.6 Å². The van der Waals surface area contributed by atoms with Crippen LogP contribution in [0.15, 0.2) is 66.1 Å². The van der Waals surface area contributed by atoms with E-state index in [4.69, 9.17) is 5.73 Å². The normalized spacial score (nSPS) is 15.5. The Labute approximate surface area is 215 Å². The minimum Gasteiger partial charge on any atom is -0.404 e. The van der Waals surface area contributed by atoms with Crippen molar-refractivity contribution in [2.75, 3.05) is 19.0 Å². The first-order valence-electron chi connectivity index (χ1n) is 11.7. The average Bonchev–Trinajstić information content (AvgIpc) is 3.54. The molecule has 8 nitrogen and oxygen atoms in total. The van der Waals surface area contributed by atoms with Crippen LogP contribution >= 0.6 is 0 Å². The summed E-state index contributed by atoms with van der Waals surface area (Å²) < 4.78 is 62.3. The molecule has 4 aromatic rings. The maximum atomic E-state index is 15.5. The number of pyridine rings is 1. The van der Waals surface area contributed by atoms with Gasteiger partial charge in [0, 0.05) is 31.5 Å². The van der Waals surface area contributed by atoms with Crippen molar-refractivity contribution in [3.8, 4) is 22.6 Å². The maximum absolute atomic E-state index is 15.5. The molecule has 38 heavy (non-hydrogen) atoms. The molecular weight excluding hydrogens is 500 g/mol. The van der Waals surface area contributed by atoms with Crippen LogP contribution in [0, 0.1) is 12.7 Å². The number of nitrogens with two attached hydrogens (primary N) is 1. The molecule has 1 atom stereocenters. The first-order chi connectivity index (χ1) is 18.3. The van der Waals surface area contributed by atoms with Crippen LogP contribution in [-0.2, 0) is 12.5 Å². The summed E-state index contributed by atoms with van der Waals surface area (Å²) in [7, 11) is 1.61. The van der Waals surface area contributed by atoms with E-state index < -0.39 is 35.8 Å². The van der Waals surface area contributed by atoms with Crippen molar-refractivity contribution in [1.29, 1.82) is 0 Å². The van der Waals surface area contributed by atoms with Gasteiger partial charge in [-0.15, -0.1) is 10.2 Å². The SMILES string of the molecule is CN=C(C=CN)Nc1cc(-c2cc3n(c2)C[C@H](CF)n2c-3nnc2C(F)(F)c2ccccc2F)c(C)cn1. The molecule has 0 amide bonds. The Bertz CT molecular complexity index is 1550. The number of halogens is 4. The molecule has 1 aliphatic heterocycles. The fourth-order valence-electron chi connectivity index (χ4n) is 4.58. The molecule has 0 saturated carbocycles. The minimum atomic E-state index is -3.82. The van der Waals surface area contributed by atoms with Crippen LogP contribution in [0.5, 0.6) is 0 Å². The zero-order valence-corrected chi connectivity index (χ0v) is 20.5. The molecule has 3 N–H and O–H groups in total. The summed E-state index contributed by atoms with van der Waals surface area (Å²) in [5.74, 6) is -4.60. The predicted octanol–water partition coefficient (Wildman–Crippen LogP) is 4.83. The van der Waals surface area contributed by atoms with Crippen molar-refractivity contribution in [3.63, 3.8) is 0 Å². The second-order valence-corrected chi connectivity index (χ2v) is 8.82. The molecule has 1 aromatic carbocycles. The Morgan fingerprint density at radius 1 is 1.26 bits per heavy atom. The number of amidine groups is 1. The van der Waals surface area contributed by atoms with Crippen LogP contribution in [0.25, 0.3) is 22.6 Å². The molecule has 1 aliphatic rings. The second kappa shape index (κ2) is 9.77. The summed E-state index contributed by atoms with van der Waals surface area (Å²) in [6, 6.07) is 7.17. The van der Waals surface area contributed by atoms with Crippen molar-refractivity contribution in [1.82, 2.24) is 24.3 Å². The number of benzene rings is 1. The number of hydrogen-bond donors (Lipinski definition) is 2. The predicted molar refractivity (Wildman–Crippen MR) is 136 cm³/mol. The third kappa shape index (κ3) is 4.21. The van der Waals surface area contributed by atoms with Crippen LogP contribution in [0.3, 0.4) is 0 Å². The molecule has 0 spiro atoms. The number of aromatic nitrogens is 5. The standard InChI is InChI=1S/C26H24F4N8/c1-15-12-33-23(34-22(32-2)7-8-31)10-18(15)16-9-21-24-35-36-25(38(24)17(11-27)14-37(21)13-16)26(29,30)19-5-3-4-6-20(19)28/h3-10,12-13,17H,11,14,31H2,1-2H3,(H,32,33,34)/t17-/m0/s1. The van der Waals surface area contributed by atoms with Gasteiger partial charge >= 0.3 is 5.92 Å². The summed E-state index contributed by atoms with van der Waals surface area (Å²) in [5.41, 5.74) is 7.53. The quantitative estimate of drug-likeness (QED) is 0.214. The maximum Gasteiger partial charge on any atom is 0.334 e. The van der Waals surface area contributed by atoms with Crippen LogP contribution in [0.4, 0.5) is 23.4 Å². The molecule has 4 heterocycles. The molecular formula is C26H24F4N8. The molecule has 0 radical (unpaired) electrons. The molecule has 0 fully saturated rings. The van der Waals surface area contributed by atoms with Gasteiger partial charge in [-0.25, -0.2) is 13.8 Å². The molecule has 3 aromatic heterocycles. The first-order valence-corrected chi connectivity index (χ1v) is 11.7. The zero-order chi connectivity index (χ0) is 27.0. The number of nitrogens with zero attached hydrogens (tertiary/aromatic N) is 6. The van der Waals surface area contributed by atoms with E-state index in [1.54, 1.807) is 30.0 Å². The Morgan fingerprint density at radius 3 is 2.76 bits per heavy atom. The molecule has 0 unspecified atom stereocenters. The van der Waals surface area contributed by atoms with Crippen LogP contribution in [-0.4, -0.2) is 43.9 Å². The lowest BCUT2D eigenvalue weighted by Gasteiger charge is -2.28. The Morgan fingerprint density at radius 2 is 2.05 bits per heavy atom. The van der Waals surface area contributed by atoms with E-state index in [1.807, 2.05) is 19.2 Å². The van der Waals surface area contributed by atoms with Crippen LogP contribution in [0.1, 0.15) is 23.0 Å². The third-order valence-corrected chi connectivity index (χ3v) is 6.43. The molecule has 196 valence electrons. The van der Waals surface area contributed by atoms with E-state index in [-0.39, 0.29) is 12.4 Å². The van der Waals surface area contributed by atoms with E-state index in [0.29, 0.717) is 17.3 Å². The summed E-state index contributed by atoms with van der Waals surface area (Å²) in [6.07, 6.45) is 6.45. The summed E-state index contributed by atoms with van der Waals surface area (Å²) in [6.45, 7) is 1.02. The van der Waals surface area contributed by atoms with Gasteiger partial charge in [0.05, 0.1) is 17.3 Å². The van der Waals surface area contributed by atoms with Crippen LogP contribution in [0.2, 0.25) is 0 Å². The third-order valence-electron chi connectivity index (χ3n) is 6.43. The van der Waals surface area contributed by atoms with Crippen molar-refractivity contribution in [3.05, 3.63) is 83.8 Å². The summed E-state index contributed by atoms with van der Waals surface area (Å²) in [5, 5.41) is 10.8. The average molecular weight is 525 g/mol. The molecule has 0 aliphatic carbocycles. The number of rotatable bonds is 6. The van der Waals surface area contributed by atoms with Gasteiger partial charge in [-0.3, -0.25) is 9.56 Å². The molecule has 5 rings (SSSR count). The van der Waals surface area contributed by atoms with Gasteiger partial charge in [0.1, 0.15) is 24.1 Å². The number of aryl methyl sites for hydroxylation is 1. The molecule has 0 saturated heterocycles. The van der Waals surface area contributed by atoms with E-state index in [2.05, 4.69) is 25.5 Å². The topological polar surface area (TPSA) is 98.9 Å². The zero-order valence-electron chi connectivity index (χ0n) is 20.5. The first kappa shape index (κ1) is 25.2. The fraction of sp³-hybridized carbons (Fsp3) is 0.231. The number of alkyl halides is 3. The molecule has 0 bridgehead atoms. The van der Waals surface area contributed by atoms with Gasteiger partial charge in [0.15, 0.2) is 5.82 Å². The fourth-order valence-corrected chi connectivity index (χ4v) is 4.58. The van der Waals surface area contributed by atoms with Crippen molar-refractivity contribution in [2.24, 2.45) is 10.7 Å². The summed E-state index contributed by atoms with van der Waals surface area (Å²) >= 11 is 0. The minimum absolute atomic E-state index is 0.0698. The van der Waals surface area contributed by atoms with E-state index in [0.717, 1.165) is 33.4 Å². The lowest BCUT2D eigenvalue weighted by atomic mass is 10.0. The van der Waals surface area contributed by atoms with Gasteiger partial charge in [-0.1, -0.05) is 12.1 Å². The monoisotopic (exact) mass is 524 g/mol. The van der Waals surface area contributed by atoms with Gasteiger partial charge in [-0.05, 0) is 54.6 Å². The largest absolute Gasteiger partial charge is 0.404 e. The van der Waals surface area contributed by atoms with Gasteiger partial charge in [0.25, 0.3) is 0 Å². The van der Waals surface area contributed by atoms with Gasteiger partial charge < -0.3 is 15.6 Å². The highest BCUT2D eigenvalue weighted by Crippen LogP contribution is 2.42. The second-order valence-electron chi connectivity index (χ2n) is 8.82. The highest BCUT2D eigenvalue weighted by Gasteiger charge is 2.45. The Kier molecular flexibility index (Phi) is 6.47. The Hall–Kier alpha value is -4.48. The van der Waals surface area contributed by atoms with Gasteiger partial charge in [-0.2, -0.15) is 8.78 Å². The number of fused-ring (bicyclic) bond motifs is 3. The van der Waals surface area contributed by atoms with E-state index in [1.165, 1.54) is 18.3 Å². The highest BCUT2D eigenvalue weighted by molar-refractivity contribution is 6.03. The van der Waals surface area contributed by atoms with E-state index in [9.17, 15) is 8.78 Å². The number of aliphatic imine (C=N–C) groups is 1. The number of hydrogen-bond acceptors (Lipinski definition) is 5. The summed E-state index contributed by atoms with van der Waals surface area (Å²) in [4.78, 5) is 8.48. The van der Waals surface area contributed by atoms with Crippen LogP contribution < -0.4 is 11.1 Å². The smallest absolute Gasteiger partial charge is 0.334 e. The van der Waals surface area contributed by atoms with E-state index >= 15 is 8.78 Å². The Balaban J connectivity index is 1.58. The van der Waals surface area contributed by atoms with Gasteiger partial charge in [0.2, 0.25) is 5.82 Å².